The van der Waals surface area contributed by atoms with E-state index < -0.39 is 10.0 Å². The predicted octanol–water partition coefficient (Wildman–Crippen LogP) is 2.33. The minimum atomic E-state index is -3.53. The van der Waals surface area contributed by atoms with Gasteiger partial charge in [0.15, 0.2) is 0 Å². The first kappa shape index (κ1) is 21.0. The quantitative estimate of drug-likeness (QED) is 0.718. The van der Waals surface area contributed by atoms with Gasteiger partial charge in [-0.3, -0.25) is 9.69 Å². The molecule has 0 saturated carbocycles. The number of likely N-dealkylation sites (N-methyl/N-ethyl adjacent to an activating group) is 1. The number of hydrogen-bond acceptors (Lipinski definition) is 5. The van der Waals surface area contributed by atoms with Crippen molar-refractivity contribution in [3.63, 3.8) is 0 Å². The maximum Gasteiger partial charge on any atom is 0.243 e. The molecule has 8 heteroatoms. The maximum atomic E-state index is 13.0. The number of piperazine rings is 1. The molecular formula is C20H27N3O3S2. The van der Waals surface area contributed by atoms with Gasteiger partial charge >= 0.3 is 0 Å². The molecule has 1 aromatic heterocycles. The van der Waals surface area contributed by atoms with E-state index in [1.54, 1.807) is 22.3 Å². The first-order valence-corrected chi connectivity index (χ1v) is 11.7. The van der Waals surface area contributed by atoms with Crippen LogP contribution in [0.5, 0.6) is 0 Å². The summed E-state index contributed by atoms with van der Waals surface area (Å²) in [7, 11) is -1.60. The third-order valence-corrected chi connectivity index (χ3v) is 7.77. The van der Waals surface area contributed by atoms with Crippen LogP contribution < -0.4 is 0 Å². The number of rotatable bonds is 6. The minimum Gasteiger partial charge on any atom is -0.339 e. The zero-order chi connectivity index (χ0) is 20.3. The van der Waals surface area contributed by atoms with Crippen LogP contribution in [0, 0.1) is 13.8 Å². The van der Waals surface area contributed by atoms with Crippen LogP contribution in [0.2, 0.25) is 0 Å². The van der Waals surface area contributed by atoms with Gasteiger partial charge in [0.1, 0.15) is 0 Å². The highest BCUT2D eigenvalue weighted by Gasteiger charge is 2.31. The summed E-state index contributed by atoms with van der Waals surface area (Å²) in [5.74, 6) is 0.0429. The van der Waals surface area contributed by atoms with Gasteiger partial charge in [-0.25, -0.2) is 8.42 Å². The molecule has 0 aliphatic carbocycles. The van der Waals surface area contributed by atoms with Crippen LogP contribution in [0.25, 0.3) is 0 Å². The van der Waals surface area contributed by atoms with Crippen molar-refractivity contribution >= 4 is 27.3 Å². The lowest BCUT2D eigenvalue weighted by Crippen LogP contribution is -2.52. The molecule has 1 aliphatic rings. The van der Waals surface area contributed by atoms with Crippen LogP contribution in [-0.2, 0) is 21.4 Å². The molecule has 0 unspecified atom stereocenters. The molecule has 6 nitrogen and oxygen atoms in total. The molecule has 2 aromatic rings. The molecule has 0 bridgehead atoms. The number of carbonyl (C=O) groups is 1. The van der Waals surface area contributed by atoms with Gasteiger partial charge in [0.2, 0.25) is 15.9 Å². The number of nitrogens with zero attached hydrogens (tertiary/aromatic N) is 3. The van der Waals surface area contributed by atoms with Gasteiger partial charge in [-0.2, -0.15) is 15.6 Å². The van der Waals surface area contributed by atoms with Crippen molar-refractivity contribution in [2.75, 3.05) is 39.8 Å². The number of aryl methyl sites for hydroxylation is 2. The van der Waals surface area contributed by atoms with Crippen LogP contribution in [0.15, 0.2) is 39.9 Å². The van der Waals surface area contributed by atoms with Crippen LogP contribution in [0.3, 0.4) is 0 Å². The average molecular weight is 422 g/mol. The molecule has 0 radical (unpaired) electrons. The van der Waals surface area contributed by atoms with E-state index in [-0.39, 0.29) is 5.91 Å². The van der Waals surface area contributed by atoms with Crippen molar-refractivity contribution in [2.45, 2.75) is 25.3 Å². The van der Waals surface area contributed by atoms with E-state index in [9.17, 15) is 13.2 Å². The highest BCUT2D eigenvalue weighted by molar-refractivity contribution is 7.89. The Kier molecular flexibility index (Phi) is 6.54. The Balaban J connectivity index is 1.56. The minimum absolute atomic E-state index is 0.0429. The number of thiophene rings is 1. The summed E-state index contributed by atoms with van der Waals surface area (Å²) in [5, 5.41) is 4.11. The largest absolute Gasteiger partial charge is 0.339 e. The van der Waals surface area contributed by atoms with E-state index >= 15 is 0 Å². The van der Waals surface area contributed by atoms with Crippen molar-refractivity contribution in [3.8, 4) is 0 Å². The maximum absolute atomic E-state index is 13.0. The number of benzene rings is 1. The Morgan fingerprint density at radius 2 is 1.86 bits per heavy atom. The Labute approximate surface area is 171 Å². The Morgan fingerprint density at radius 1 is 1.14 bits per heavy atom. The van der Waals surface area contributed by atoms with E-state index in [0.29, 0.717) is 37.6 Å². The molecule has 3 rings (SSSR count). The van der Waals surface area contributed by atoms with Gasteiger partial charge in [0.25, 0.3) is 0 Å². The summed E-state index contributed by atoms with van der Waals surface area (Å²) in [6.45, 7) is 6.35. The monoisotopic (exact) mass is 421 g/mol. The van der Waals surface area contributed by atoms with Gasteiger partial charge < -0.3 is 4.90 Å². The molecule has 28 heavy (non-hydrogen) atoms. The lowest BCUT2D eigenvalue weighted by molar-refractivity contribution is -0.133. The average Bonchev–Trinajstić information content (AvgIpc) is 3.14. The highest BCUT2D eigenvalue weighted by atomic mass is 32.2. The number of carbonyl (C=O) groups excluding carboxylic acids is 1. The van der Waals surface area contributed by atoms with Gasteiger partial charge in [0, 0.05) is 32.7 Å². The van der Waals surface area contributed by atoms with Crippen molar-refractivity contribution < 1.29 is 13.2 Å². The van der Waals surface area contributed by atoms with Crippen molar-refractivity contribution in [1.29, 1.82) is 0 Å². The van der Waals surface area contributed by atoms with Crippen molar-refractivity contribution in [1.82, 2.24) is 14.1 Å². The smallest absolute Gasteiger partial charge is 0.243 e. The van der Waals surface area contributed by atoms with Gasteiger partial charge in [-0.15, -0.1) is 0 Å². The zero-order valence-electron chi connectivity index (χ0n) is 16.6. The third-order valence-electron chi connectivity index (χ3n) is 4.98. The Morgan fingerprint density at radius 3 is 2.46 bits per heavy atom. The Bertz CT molecular complexity index is 918. The summed E-state index contributed by atoms with van der Waals surface area (Å²) in [6.07, 6.45) is 0. The molecule has 0 atom stereocenters. The van der Waals surface area contributed by atoms with Gasteiger partial charge in [-0.1, -0.05) is 17.7 Å². The van der Waals surface area contributed by atoms with Crippen LogP contribution >= 0.6 is 11.3 Å². The summed E-state index contributed by atoms with van der Waals surface area (Å²) >= 11 is 1.65. The SMILES string of the molecule is Cc1ccc(S(=O)(=O)N2CCN(C(=O)CN(C)Cc3ccsc3)CC2)c(C)c1. The molecular weight excluding hydrogens is 394 g/mol. The number of hydrogen-bond donors (Lipinski definition) is 0. The number of amides is 1. The normalized spacial score (nSPS) is 15.9. The molecule has 1 fully saturated rings. The lowest BCUT2D eigenvalue weighted by Gasteiger charge is -2.35. The van der Waals surface area contributed by atoms with Crippen LogP contribution in [0.1, 0.15) is 16.7 Å². The van der Waals surface area contributed by atoms with E-state index in [1.165, 1.54) is 9.87 Å². The van der Waals surface area contributed by atoms with Gasteiger partial charge in [-0.05, 0) is 54.9 Å². The summed E-state index contributed by atoms with van der Waals surface area (Å²) in [5.41, 5.74) is 3.00. The lowest BCUT2D eigenvalue weighted by atomic mass is 10.2. The molecule has 0 N–H and O–H groups in total. The van der Waals surface area contributed by atoms with Crippen LogP contribution in [0.4, 0.5) is 0 Å². The molecule has 2 heterocycles. The zero-order valence-corrected chi connectivity index (χ0v) is 18.2. The fraction of sp³-hybridized carbons (Fsp3) is 0.450. The van der Waals surface area contributed by atoms with E-state index in [1.807, 2.05) is 43.3 Å². The Hall–Kier alpha value is -1.74. The van der Waals surface area contributed by atoms with Crippen molar-refractivity contribution in [2.24, 2.45) is 0 Å². The highest BCUT2D eigenvalue weighted by Crippen LogP contribution is 2.22. The fourth-order valence-corrected chi connectivity index (χ4v) is 5.77. The molecule has 1 aromatic carbocycles. The summed E-state index contributed by atoms with van der Waals surface area (Å²) in [6, 6.07) is 7.44. The molecule has 1 amide bonds. The fourth-order valence-electron chi connectivity index (χ4n) is 3.49. The second-order valence-corrected chi connectivity index (χ2v) is 10.0. The second kappa shape index (κ2) is 8.73. The predicted molar refractivity (Wildman–Crippen MR) is 112 cm³/mol. The summed E-state index contributed by atoms with van der Waals surface area (Å²) in [4.78, 5) is 16.7. The number of sulfonamides is 1. The molecule has 1 saturated heterocycles. The second-order valence-electron chi connectivity index (χ2n) is 7.36. The van der Waals surface area contributed by atoms with Crippen LogP contribution in [-0.4, -0.2) is 68.2 Å². The van der Waals surface area contributed by atoms with E-state index in [4.69, 9.17) is 0 Å². The summed E-state index contributed by atoms with van der Waals surface area (Å²) < 4.78 is 27.4. The molecule has 152 valence electrons. The first-order valence-electron chi connectivity index (χ1n) is 9.32. The van der Waals surface area contributed by atoms with Gasteiger partial charge in [0.05, 0.1) is 11.4 Å². The van der Waals surface area contributed by atoms with Crippen molar-refractivity contribution in [3.05, 3.63) is 51.7 Å². The topological polar surface area (TPSA) is 60.9 Å². The third kappa shape index (κ3) is 4.81. The van der Waals surface area contributed by atoms with E-state index in [2.05, 4.69) is 11.4 Å². The molecule has 0 spiro atoms. The molecule has 1 aliphatic heterocycles. The standard InChI is InChI=1S/C20H27N3O3S2/c1-16-4-5-19(17(2)12-16)28(25,26)23-9-7-22(8-10-23)20(24)14-21(3)13-18-6-11-27-15-18/h4-6,11-12,15H,7-10,13-14H2,1-3H3. The van der Waals surface area contributed by atoms with E-state index in [0.717, 1.165) is 17.7 Å². The first-order chi connectivity index (χ1) is 13.3.